The van der Waals surface area contributed by atoms with E-state index in [1.54, 1.807) is 4.80 Å². The summed E-state index contributed by atoms with van der Waals surface area (Å²) < 4.78 is 0. The number of para-hydroxylation sites is 1. The SMILES string of the molecule is CCN(C)CCNCc1cnn(-c2ccccc2)n1. The van der Waals surface area contributed by atoms with E-state index in [-0.39, 0.29) is 0 Å². The first-order chi connectivity index (χ1) is 9.29. The lowest BCUT2D eigenvalue weighted by Crippen LogP contribution is -2.28. The third-order valence-electron chi connectivity index (χ3n) is 3.04. The first-order valence-corrected chi connectivity index (χ1v) is 6.65. The number of aromatic nitrogens is 3. The van der Waals surface area contributed by atoms with Gasteiger partial charge in [-0.2, -0.15) is 15.0 Å². The smallest absolute Gasteiger partial charge is 0.0969 e. The van der Waals surface area contributed by atoms with Gasteiger partial charge in [-0.3, -0.25) is 0 Å². The Morgan fingerprint density at radius 2 is 2.05 bits per heavy atom. The zero-order chi connectivity index (χ0) is 13.5. The quantitative estimate of drug-likeness (QED) is 0.762. The monoisotopic (exact) mass is 259 g/mol. The molecule has 0 aliphatic heterocycles. The number of hydrogen-bond donors (Lipinski definition) is 1. The molecule has 0 radical (unpaired) electrons. The summed E-state index contributed by atoms with van der Waals surface area (Å²) in [5.74, 6) is 0. The Bertz CT molecular complexity index is 480. The maximum Gasteiger partial charge on any atom is 0.0969 e. The first-order valence-electron chi connectivity index (χ1n) is 6.65. The second-order valence-electron chi connectivity index (χ2n) is 4.53. The van der Waals surface area contributed by atoms with Crippen LogP contribution in [0.15, 0.2) is 36.5 Å². The van der Waals surface area contributed by atoms with E-state index in [1.165, 1.54) is 0 Å². The normalized spacial score (nSPS) is 11.1. The second-order valence-corrected chi connectivity index (χ2v) is 4.53. The van der Waals surface area contributed by atoms with Crippen molar-refractivity contribution in [3.05, 3.63) is 42.2 Å². The van der Waals surface area contributed by atoms with Crippen LogP contribution in [0.1, 0.15) is 12.6 Å². The molecule has 0 fully saturated rings. The van der Waals surface area contributed by atoms with Crippen molar-refractivity contribution >= 4 is 0 Å². The summed E-state index contributed by atoms with van der Waals surface area (Å²) in [6, 6.07) is 9.94. The third-order valence-corrected chi connectivity index (χ3v) is 3.04. The summed E-state index contributed by atoms with van der Waals surface area (Å²) in [4.78, 5) is 3.93. The van der Waals surface area contributed by atoms with Gasteiger partial charge in [0.25, 0.3) is 0 Å². The fourth-order valence-corrected chi connectivity index (χ4v) is 1.71. The van der Waals surface area contributed by atoms with Crippen LogP contribution in [0, 0.1) is 0 Å². The second kappa shape index (κ2) is 7.01. The molecule has 0 saturated heterocycles. The van der Waals surface area contributed by atoms with Crippen LogP contribution in [0.4, 0.5) is 0 Å². The van der Waals surface area contributed by atoms with Gasteiger partial charge in [-0.1, -0.05) is 25.1 Å². The average Bonchev–Trinajstić information content (AvgIpc) is 2.93. The minimum absolute atomic E-state index is 0.754. The molecule has 5 heteroatoms. The predicted octanol–water partition coefficient (Wildman–Crippen LogP) is 1.31. The van der Waals surface area contributed by atoms with Crippen molar-refractivity contribution in [3.63, 3.8) is 0 Å². The molecular weight excluding hydrogens is 238 g/mol. The molecule has 0 saturated carbocycles. The molecule has 0 spiro atoms. The average molecular weight is 259 g/mol. The van der Waals surface area contributed by atoms with Crippen LogP contribution < -0.4 is 5.32 Å². The fraction of sp³-hybridized carbons (Fsp3) is 0.429. The van der Waals surface area contributed by atoms with Crippen LogP contribution in [0.25, 0.3) is 5.69 Å². The lowest BCUT2D eigenvalue weighted by atomic mass is 10.3. The molecule has 0 aliphatic rings. The maximum atomic E-state index is 4.45. The lowest BCUT2D eigenvalue weighted by molar-refractivity contribution is 0.348. The minimum atomic E-state index is 0.754. The van der Waals surface area contributed by atoms with E-state index in [0.29, 0.717) is 0 Å². The van der Waals surface area contributed by atoms with E-state index < -0.39 is 0 Å². The summed E-state index contributed by atoms with van der Waals surface area (Å²) in [6.45, 7) is 5.99. The standard InChI is InChI=1S/C14H21N5/c1-3-18(2)10-9-15-11-13-12-16-19(17-13)14-7-5-4-6-8-14/h4-8,12,15H,3,9-11H2,1-2H3. The first kappa shape index (κ1) is 13.7. The molecule has 102 valence electrons. The molecule has 1 N–H and O–H groups in total. The van der Waals surface area contributed by atoms with E-state index in [0.717, 1.165) is 37.6 Å². The Kier molecular flexibility index (Phi) is 5.06. The van der Waals surface area contributed by atoms with Gasteiger partial charge in [0.1, 0.15) is 0 Å². The van der Waals surface area contributed by atoms with Gasteiger partial charge in [0.05, 0.1) is 17.6 Å². The summed E-state index contributed by atoms with van der Waals surface area (Å²) in [5, 5.41) is 12.1. The zero-order valence-corrected chi connectivity index (χ0v) is 11.6. The molecule has 1 heterocycles. The summed E-state index contributed by atoms with van der Waals surface area (Å²) >= 11 is 0. The highest BCUT2D eigenvalue weighted by Crippen LogP contribution is 2.03. The Labute approximate surface area is 114 Å². The molecule has 2 rings (SSSR count). The Morgan fingerprint density at radius 3 is 2.79 bits per heavy atom. The maximum absolute atomic E-state index is 4.45. The van der Waals surface area contributed by atoms with E-state index in [9.17, 15) is 0 Å². The van der Waals surface area contributed by atoms with Gasteiger partial charge >= 0.3 is 0 Å². The van der Waals surface area contributed by atoms with Crippen LogP contribution >= 0.6 is 0 Å². The van der Waals surface area contributed by atoms with E-state index in [4.69, 9.17) is 0 Å². The summed E-state index contributed by atoms with van der Waals surface area (Å²) in [5.41, 5.74) is 1.95. The third kappa shape index (κ3) is 4.15. The molecular formula is C14H21N5. The molecule has 1 aromatic carbocycles. The summed E-state index contributed by atoms with van der Waals surface area (Å²) in [7, 11) is 2.12. The van der Waals surface area contributed by atoms with Gasteiger partial charge < -0.3 is 10.2 Å². The van der Waals surface area contributed by atoms with Crippen molar-refractivity contribution in [1.29, 1.82) is 0 Å². The molecule has 0 atom stereocenters. The zero-order valence-electron chi connectivity index (χ0n) is 11.6. The van der Waals surface area contributed by atoms with Crippen LogP contribution in [-0.4, -0.2) is 46.6 Å². The molecule has 19 heavy (non-hydrogen) atoms. The molecule has 0 amide bonds. The number of nitrogens with one attached hydrogen (secondary N) is 1. The molecule has 2 aromatic rings. The largest absolute Gasteiger partial charge is 0.310 e. The van der Waals surface area contributed by atoms with E-state index >= 15 is 0 Å². The number of rotatable bonds is 7. The fourth-order valence-electron chi connectivity index (χ4n) is 1.71. The van der Waals surface area contributed by atoms with Crippen molar-refractivity contribution in [2.24, 2.45) is 0 Å². The Morgan fingerprint density at radius 1 is 1.26 bits per heavy atom. The number of likely N-dealkylation sites (N-methyl/N-ethyl adjacent to an activating group) is 1. The number of hydrogen-bond acceptors (Lipinski definition) is 4. The van der Waals surface area contributed by atoms with Crippen molar-refractivity contribution in [2.45, 2.75) is 13.5 Å². The number of benzene rings is 1. The predicted molar refractivity (Wildman–Crippen MR) is 76.2 cm³/mol. The van der Waals surface area contributed by atoms with Gasteiger partial charge in [0.2, 0.25) is 0 Å². The van der Waals surface area contributed by atoms with Crippen LogP contribution in [0.2, 0.25) is 0 Å². The van der Waals surface area contributed by atoms with Gasteiger partial charge in [0, 0.05) is 19.6 Å². The van der Waals surface area contributed by atoms with Crippen LogP contribution in [0.5, 0.6) is 0 Å². The molecule has 0 aliphatic carbocycles. The highest BCUT2D eigenvalue weighted by atomic mass is 15.5. The molecule has 0 bridgehead atoms. The van der Waals surface area contributed by atoms with Crippen LogP contribution in [0.3, 0.4) is 0 Å². The highest BCUT2D eigenvalue weighted by molar-refractivity contribution is 5.28. The lowest BCUT2D eigenvalue weighted by Gasteiger charge is -2.13. The Hall–Kier alpha value is -1.72. The molecule has 5 nitrogen and oxygen atoms in total. The van der Waals surface area contributed by atoms with Crippen molar-refractivity contribution < 1.29 is 0 Å². The van der Waals surface area contributed by atoms with Gasteiger partial charge in [0.15, 0.2) is 0 Å². The Balaban J connectivity index is 1.82. The summed E-state index contributed by atoms with van der Waals surface area (Å²) in [6.07, 6.45) is 1.81. The molecule has 1 aromatic heterocycles. The van der Waals surface area contributed by atoms with Crippen LogP contribution in [-0.2, 0) is 6.54 Å². The van der Waals surface area contributed by atoms with E-state index in [2.05, 4.69) is 34.4 Å². The van der Waals surface area contributed by atoms with Crippen molar-refractivity contribution in [2.75, 3.05) is 26.7 Å². The van der Waals surface area contributed by atoms with Gasteiger partial charge in [-0.15, -0.1) is 0 Å². The van der Waals surface area contributed by atoms with Gasteiger partial charge in [-0.25, -0.2) is 0 Å². The molecule has 0 unspecified atom stereocenters. The van der Waals surface area contributed by atoms with Crippen molar-refractivity contribution in [3.8, 4) is 5.69 Å². The minimum Gasteiger partial charge on any atom is -0.310 e. The van der Waals surface area contributed by atoms with Gasteiger partial charge in [-0.05, 0) is 25.7 Å². The topological polar surface area (TPSA) is 46.0 Å². The van der Waals surface area contributed by atoms with Crippen molar-refractivity contribution in [1.82, 2.24) is 25.2 Å². The highest BCUT2D eigenvalue weighted by Gasteiger charge is 2.02. The number of nitrogens with zero attached hydrogens (tertiary/aromatic N) is 4. The van der Waals surface area contributed by atoms with E-state index in [1.807, 2.05) is 36.5 Å².